The van der Waals surface area contributed by atoms with Gasteiger partial charge in [-0.2, -0.15) is 0 Å². The van der Waals surface area contributed by atoms with Crippen molar-refractivity contribution in [2.45, 2.75) is 52.1 Å². The van der Waals surface area contributed by atoms with Crippen LogP contribution >= 0.6 is 0 Å². The van der Waals surface area contributed by atoms with Crippen LogP contribution in [-0.2, 0) is 4.79 Å². The van der Waals surface area contributed by atoms with Crippen molar-refractivity contribution in [2.24, 2.45) is 5.92 Å². The fraction of sp³-hybridized carbons (Fsp3) is 0.429. The quantitative estimate of drug-likeness (QED) is 0.755. The molecule has 0 aliphatic heterocycles. The normalized spacial score (nSPS) is 14.9. The van der Waals surface area contributed by atoms with E-state index in [0.717, 1.165) is 48.6 Å². The zero-order valence-electron chi connectivity index (χ0n) is 15.5. The maximum absolute atomic E-state index is 12.3. The summed E-state index contributed by atoms with van der Waals surface area (Å²) in [5, 5.41) is 6.23. The molecule has 0 radical (unpaired) electrons. The second-order valence-corrected chi connectivity index (χ2v) is 7.07. The predicted octanol–water partition coefficient (Wildman–Crippen LogP) is 5.13. The van der Waals surface area contributed by atoms with Crippen LogP contribution in [0.1, 0.15) is 46.0 Å². The molecule has 1 amide bonds. The van der Waals surface area contributed by atoms with E-state index < -0.39 is 0 Å². The number of amides is 1. The number of benzene rings is 1. The summed E-state index contributed by atoms with van der Waals surface area (Å²) in [6.07, 6.45) is 7.40. The summed E-state index contributed by atoms with van der Waals surface area (Å²) in [7, 11) is 0. The summed E-state index contributed by atoms with van der Waals surface area (Å²) in [5.41, 5.74) is 1.68. The number of nitrogens with one attached hydrogen (secondary N) is 2. The van der Waals surface area contributed by atoms with E-state index in [4.69, 9.17) is 4.74 Å². The fourth-order valence-corrected chi connectivity index (χ4v) is 3.19. The van der Waals surface area contributed by atoms with Crippen LogP contribution in [0.5, 0.6) is 5.75 Å². The molecule has 1 aliphatic rings. The maximum Gasteiger partial charge on any atom is 0.227 e. The van der Waals surface area contributed by atoms with Crippen molar-refractivity contribution >= 4 is 23.1 Å². The molecule has 5 nitrogen and oxygen atoms in total. The number of carbonyl (C=O) groups is 1. The molecule has 1 saturated carbocycles. The molecule has 26 heavy (non-hydrogen) atoms. The Balaban J connectivity index is 1.54. The number of nitrogens with zero attached hydrogens (tertiary/aromatic N) is 1. The van der Waals surface area contributed by atoms with Crippen molar-refractivity contribution < 1.29 is 9.53 Å². The van der Waals surface area contributed by atoms with Gasteiger partial charge < -0.3 is 15.4 Å². The number of pyridine rings is 1. The van der Waals surface area contributed by atoms with Crippen molar-refractivity contribution in [3.63, 3.8) is 0 Å². The molecule has 5 heteroatoms. The largest absolute Gasteiger partial charge is 0.491 e. The third-order valence-electron chi connectivity index (χ3n) is 4.51. The lowest BCUT2D eigenvalue weighted by Crippen LogP contribution is -2.24. The van der Waals surface area contributed by atoms with Gasteiger partial charge in [0, 0.05) is 11.6 Å². The molecule has 3 rings (SSSR count). The van der Waals surface area contributed by atoms with Crippen molar-refractivity contribution in [2.75, 3.05) is 10.6 Å². The van der Waals surface area contributed by atoms with Crippen LogP contribution in [0.3, 0.4) is 0 Å². The van der Waals surface area contributed by atoms with E-state index in [1.807, 2.05) is 50.2 Å². The summed E-state index contributed by atoms with van der Waals surface area (Å²) in [6.45, 7) is 4.01. The first-order valence-corrected chi connectivity index (χ1v) is 9.41. The Morgan fingerprint density at radius 3 is 2.35 bits per heavy atom. The van der Waals surface area contributed by atoms with Gasteiger partial charge in [0.25, 0.3) is 0 Å². The highest BCUT2D eigenvalue weighted by Crippen LogP contribution is 2.25. The molecule has 1 aromatic carbocycles. The first-order valence-electron chi connectivity index (χ1n) is 9.41. The summed E-state index contributed by atoms with van der Waals surface area (Å²) in [4.78, 5) is 16.7. The van der Waals surface area contributed by atoms with E-state index in [-0.39, 0.29) is 17.9 Å². The highest BCUT2D eigenvalue weighted by molar-refractivity contribution is 5.92. The molecule has 1 fully saturated rings. The van der Waals surface area contributed by atoms with Crippen LogP contribution in [0.25, 0.3) is 0 Å². The Kier molecular flexibility index (Phi) is 6.10. The molecule has 0 atom stereocenters. The summed E-state index contributed by atoms with van der Waals surface area (Å²) < 4.78 is 5.64. The van der Waals surface area contributed by atoms with Crippen molar-refractivity contribution in [3.8, 4) is 5.75 Å². The topological polar surface area (TPSA) is 63.2 Å². The number of hydrogen-bond donors (Lipinski definition) is 2. The van der Waals surface area contributed by atoms with Gasteiger partial charge in [-0.1, -0.05) is 19.3 Å². The number of carbonyl (C=O) groups excluding carboxylic acids is 1. The van der Waals surface area contributed by atoms with E-state index >= 15 is 0 Å². The van der Waals surface area contributed by atoms with Crippen LogP contribution in [-0.4, -0.2) is 17.0 Å². The molecule has 0 saturated heterocycles. The molecular weight excluding hydrogens is 326 g/mol. The first-order chi connectivity index (χ1) is 12.6. The number of anilines is 3. The Bertz CT molecular complexity index is 705. The minimum atomic E-state index is 0.118. The van der Waals surface area contributed by atoms with E-state index in [2.05, 4.69) is 15.6 Å². The average molecular weight is 353 g/mol. The SMILES string of the molecule is CC(C)Oc1ccc(Nc2ccc(NC(=O)C3CCCCC3)cn2)cc1. The van der Waals surface area contributed by atoms with Crippen LogP contribution < -0.4 is 15.4 Å². The third-order valence-corrected chi connectivity index (χ3v) is 4.51. The highest BCUT2D eigenvalue weighted by atomic mass is 16.5. The van der Waals surface area contributed by atoms with Gasteiger partial charge in [-0.05, 0) is 63.1 Å². The Hall–Kier alpha value is -2.56. The molecule has 2 N–H and O–H groups in total. The van der Waals surface area contributed by atoms with Crippen LogP contribution in [0.15, 0.2) is 42.6 Å². The number of rotatable bonds is 6. The van der Waals surface area contributed by atoms with Crippen molar-refractivity contribution in [3.05, 3.63) is 42.6 Å². The van der Waals surface area contributed by atoms with E-state index in [9.17, 15) is 4.79 Å². The zero-order chi connectivity index (χ0) is 18.4. The lowest BCUT2D eigenvalue weighted by Gasteiger charge is -2.20. The molecule has 1 heterocycles. The fourth-order valence-electron chi connectivity index (χ4n) is 3.19. The van der Waals surface area contributed by atoms with Gasteiger partial charge in [0.1, 0.15) is 11.6 Å². The van der Waals surface area contributed by atoms with Gasteiger partial charge in [0.05, 0.1) is 18.0 Å². The van der Waals surface area contributed by atoms with Gasteiger partial charge in [-0.15, -0.1) is 0 Å². The average Bonchev–Trinajstić information content (AvgIpc) is 2.65. The second kappa shape index (κ2) is 8.70. The van der Waals surface area contributed by atoms with Gasteiger partial charge in [0.15, 0.2) is 0 Å². The maximum atomic E-state index is 12.3. The minimum Gasteiger partial charge on any atom is -0.491 e. The van der Waals surface area contributed by atoms with Gasteiger partial charge >= 0.3 is 0 Å². The summed E-state index contributed by atoms with van der Waals surface area (Å²) in [5.74, 6) is 1.85. The van der Waals surface area contributed by atoms with Crippen molar-refractivity contribution in [1.29, 1.82) is 0 Å². The van der Waals surface area contributed by atoms with E-state index in [1.165, 1.54) is 6.42 Å². The highest BCUT2D eigenvalue weighted by Gasteiger charge is 2.21. The number of hydrogen-bond acceptors (Lipinski definition) is 4. The van der Waals surface area contributed by atoms with Gasteiger partial charge in [0.2, 0.25) is 5.91 Å². The van der Waals surface area contributed by atoms with Crippen LogP contribution in [0.2, 0.25) is 0 Å². The van der Waals surface area contributed by atoms with Crippen LogP contribution in [0.4, 0.5) is 17.2 Å². The minimum absolute atomic E-state index is 0.118. The molecule has 2 aromatic rings. The van der Waals surface area contributed by atoms with Crippen molar-refractivity contribution in [1.82, 2.24) is 4.98 Å². The lowest BCUT2D eigenvalue weighted by molar-refractivity contribution is -0.120. The molecule has 0 unspecified atom stereocenters. The number of ether oxygens (including phenoxy) is 1. The summed E-state index contributed by atoms with van der Waals surface area (Å²) >= 11 is 0. The standard InChI is InChI=1S/C21H27N3O2/c1-15(2)26-19-11-8-17(9-12-19)23-20-13-10-18(14-22-20)24-21(25)16-6-4-3-5-7-16/h8-16H,3-7H2,1-2H3,(H,22,23)(H,24,25). The zero-order valence-corrected chi connectivity index (χ0v) is 15.5. The van der Waals surface area contributed by atoms with Crippen LogP contribution in [0, 0.1) is 5.92 Å². The molecule has 138 valence electrons. The Morgan fingerprint density at radius 2 is 1.73 bits per heavy atom. The number of aromatic nitrogens is 1. The van der Waals surface area contributed by atoms with Gasteiger partial charge in [-0.3, -0.25) is 4.79 Å². The molecular formula is C21H27N3O2. The molecule has 0 spiro atoms. The Morgan fingerprint density at radius 1 is 1.04 bits per heavy atom. The van der Waals surface area contributed by atoms with Gasteiger partial charge in [-0.25, -0.2) is 4.98 Å². The first kappa shape index (κ1) is 18.2. The van der Waals surface area contributed by atoms with E-state index in [1.54, 1.807) is 6.20 Å². The predicted molar refractivity (Wildman–Crippen MR) is 105 cm³/mol. The Labute approximate surface area is 155 Å². The summed E-state index contributed by atoms with van der Waals surface area (Å²) in [6, 6.07) is 11.5. The molecule has 0 bridgehead atoms. The monoisotopic (exact) mass is 353 g/mol. The smallest absolute Gasteiger partial charge is 0.227 e. The second-order valence-electron chi connectivity index (χ2n) is 7.07. The van der Waals surface area contributed by atoms with E-state index in [0.29, 0.717) is 0 Å². The molecule has 1 aromatic heterocycles. The molecule has 1 aliphatic carbocycles. The third kappa shape index (κ3) is 5.22. The lowest BCUT2D eigenvalue weighted by atomic mass is 9.88.